The van der Waals surface area contributed by atoms with E-state index in [1.165, 1.54) is 0 Å². The average Bonchev–Trinajstić information content (AvgIpc) is 2.58. The molecule has 2 amide bonds. The molecular weight excluding hydrogens is 300 g/mol. The van der Waals surface area contributed by atoms with Crippen molar-refractivity contribution < 1.29 is 24.2 Å². The molecule has 2 N–H and O–H groups in total. The summed E-state index contributed by atoms with van der Waals surface area (Å²) >= 11 is 0. The van der Waals surface area contributed by atoms with Gasteiger partial charge in [-0.3, -0.25) is 14.4 Å². The van der Waals surface area contributed by atoms with Gasteiger partial charge in [-0.25, -0.2) is 0 Å². The zero-order valence-electron chi connectivity index (χ0n) is 12.7. The molecule has 1 fully saturated rings. The normalized spacial score (nSPS) is 15.0. The van der Waals surface area contributed by atoms with Crippen molar-refractivity contribution >= 4 is 17.8 Å². The second-order valence-electron chi connectivity index (χ2n) is 5.37. The van der Waals surface area contributed by atoms with Gasteiger partial charge in [-0.2, -0.15) is 0 Å². The average molecular weight is 320 g/mol. The van der Waals surface area contributed by atoms with Gasteiger partial charge in [0, 0.05) is 19.0 Å². The number of likely N-dealkylation sites (tertiary alicyclic amines) is 1. The highest BCUT2D eigenvalue weighted by molar-refractivity contribution is 5.83. The summed E-state index contributed by atoms with van der Waals surface area (Å²) in [6.45, 7) is 0.549. The van der Waals surface area contributed by atoms with Gasteiger partial charge in [0.05, 0.1) is 0 Å². The van der Waals surface area contributed by atoms with Gasteiger partial charge in [0.2, 0.25) is 5.91 Å². The summed E-state index contributed by atoms with van der Waals surface area (Å²) in [6, 6.07) is 9.11. The van der Waals surface area contributed by atoms with Crippen LogP contribution in [0.5, 0.6) is 5.75 Å². The maximum Gasteiger partial charge on any atom is 0.322 e. The zero-order valence-corrected chi connectivity index (χ0v) is 12.7. The van der Waals surface area contributed by atoms with Crippen molar-refractivity contribution in [3.05, 3.63) is 30.3 Å². The van der Waals surface area contributed by atoms with E-state index in [2.05, 4.69) is 5.32 Å². The number of carboxylic acids is 1. The topological polar surface area (TPSA) is 95.9 Å². The number of aliphatic carboxylic acids is 1. The third-order valence-corrected chi connectivity index (χ3v) is 3.74. The van der Waals surface area contributed by atoms with Crippen LogP contribution in [0.1, 0.15) is 12.8 Å². The number of hydrogen-bond donors (Lipinski definition) is 2. The highest BCUT2D eigenvalue weighted by Crippen LogP contribution is 2.18. The van der Waals surface area contributed by atoms with Crippen LogP contribution in [-0.4, -0.2) is 54.0 Å². The first kappa shape index (κ1) is 16.8. The van der Waals surface area contributed by atoms with Crippen LogP contribution in [0.15, 0.2) is 30.3 Å². The van der Waals surface area contributed by atoms with E-state index >= 15 is 0 Å². The molecule has 23 heavy (non-hydrogen) atoms. The van der Waals surface area contributed by atoms with Crippen molar-refractivity contribution in [2.75, 3.05) is 26.2 Å². The van der Waals surface area contributed by atoms with Crippen LogP contribution in [0.4, 0.5) is 0 Å². The summed E-state index contributed by atoms with van der Waals surface area (Å²) in [6.07, 6.45) is 1.06. The molecule has 0 radical (unpaired) electrons. The second-order valence-corrected chi connectivity index (χ2v) is 5.37. The van der Waals surface area contributed by atoms with E-state index < -0.39 is 5.97 Å². The largest absolute Gasteiger partial charge is 0.484 e. The van der Waals surface area contributed by atoms with Crippen molar-refractivity contribution in [2.45, 2.75) is 12.8 Å². The summed E-state index contributed by atoms with van der Waals surface area (Å²) < 4.78 is 5.42. The molecule has 1 heterocycles. The summed E-state index contributed by atoms with van der Waals surface area (Å²) in [7, 11) is 0. The lowest BCUT2D eigenvalue weighted by atomic mass is 9.96. The van der Waals surface area contributed by atoms with Crippen molar-refractivity contribution in [1.29, 1.82) is 0 Å². The van der Waals surface area contributed by atoms with Crippen LogP contribution in [0.2, 0.25) is 0 Å². The number of amides is 2. The van der Waals surface area contributed by atoms with E-state index in [-0.39, 0.29) is 30.9 Å². The zero-order chi connectivity index (χ0) is 16.7. The van der Waals surface area contributed by atoms with Crippen molar-refractivity contribution in [3.63, 3.8) is 0 Å². The Morgan fingerprint density at radius 1 is 1.17 bits per heavy atom. The Balaban J connectivity index is 1.72. The molecule has 7 heteroatoms. The Morgan fingerprint density at radius 3 is 2.43 bits per heavy atom. The molecule has 1 aliphatic heterocycles. The number of carbonyl (C=O) groups is 3. The highest BCUT2D eigenvalue weighted by atomic mass is 16.5. The predicted molar refractivity (Wildman–Crippen MR) is 81.9 cm³/mol. The highest BCUT2D eigenvalue weighted by Gasteiger charge is 2.27. The lowest BCUT2D eigenvalue weighted by Gasteiger charge is -2.31. The first-order valence-electron chi connectivity index (χ1n) is 7.51. The second kappa shape index (κ2) is 8.17. The Morgan fingerprint density at radius 2 is 1.83 bits per heavy atom. The molecule has 1 saturated heterocycles. The molecule has 0 bridgehead atoms. The number of hydrogen-bond acceptors (Lipinski definition) is 4. The van der Waals surface area contributed by atoms with Crippen molar-refractivity contribution in [2.24, 2.45) is 5.92 Å². The summed E-state index contributed by atoms with van der Waals surface area (Å²) in [4.78, 5) is 36.0. The molecule has 0 aromatic heterocycles. The molecule has 7 nitrogen and oxygen atoms in total. The van der Waals surface area contributed by atoms with Crippen LogP contribution in [-0.2, 0) is 14.4 Å². The molecule has 0 aliphatic carbocycles. The van der Waals surface area contributed by atoms with Gasteiger partial charge >= 0.3 is 5.97 Å². The van der Waals surface area contributed by atoms with Crippen LogP contribution >= 0.6 is 0 Å². The molecule has 1 aliphatic rings. The first-order chi connectivity index (χ1) is 11.1. The lowest BCUT2D eigenvalue weighted by molar-refractivity contribution is -0.139. The molecule has 0 saturated carbocycles. The smallest absolute Gasteiger partial charge is 0.322 e. The minimum atomic E-state index is -1.07. The third-order valence-electron chi connectivity index (χ3n) is 3.74. The summed E-state index contributed by atoms with van der Waals surface area (Å²) in [5.41, 5.74) is 0. The summed E-state index contributed by atoms with van der Waals surface area (Å²) in [5.74, 6) is -1.04. The van der Waals surface area contributed by atoms with Gasteiger partial charge in [-0.15, -0.1) is 0 Å². The minimum absolute atomic E-state index is 0.0279. The monoisotopic (exact) mass is 320 g/mol. The first-order valence-corrected chi connectivity index (χ1v) is 7.51. The number of nitrogens with one attached hydrogen (secondary N) is 1. The number of carboxylic acid groups (broad SMARTS) is 1. The van der Waals surface area contributed by atoms with Gasteiger partial charge in [-0.05, 0) is 25.0 Å². The fourth-order valence-electron chi connectivity index (χ4n) is 2.45. The number of carbonyl (C=O) groups excluding carboxylic acids is 2. The Hall–Kier alpha value is -2.57. The number of nitrogens with zero attached hydrogens (tertiary/aromatic N) is 1. The molecule has 1 aromatic rings. The van der Waals surface area contributed by atoms with Gasteiger partial charge in [0.1, 0.15) is 12.3 Å². The fourth-order valence-corrected chi connectivity index (χ4v) is 2.45. The van der Waals surface area contributed by atoms with E-state index in [4.69, 9.17) is 9.84 Å². The number of para-hydroxylation sites is 1. The van der Waals surface area contributed by atoms with Gasteiger partial charge in [-0.1, -0.05) is 18.2 Å². The maximum atomic E-state index is 12.1. The van der Waals surface area contributed by atoms with Gasteiger partial charge in [0.15, 0.2) is 6.61 Å². The molecule has 124 valence electrons. The standard InChI is InChI=1S/C16H20N2O5/c19-14(11-23-13-4-2-1-3-5-13)18-8-6-12(7-9-18)16(22)17-10-15(20)21/h1-5,12H,6-11H2,(H,17,22)(H,20,21). The molecule has 0 unspecified atom stereocenters. The van der Waals surface area contributed by atoms with E-state index in [0.717, 1.165) is 0 Å². The van der Waals surface area contributed by atoms with Crippen LogP contribution in [0, 0.1) is 5.92 Å². The van der Waals surface area contributed by atoms with E-state index in [1.54, 1.807) is 17.0 Å². The fraction of sp³-hybridized carbons (Fsp3) is 0.438. The Kier molecular flexibility index (Phi) is 5.96. The molecule has 1 aromatic carbocycles. The Bertz CT molecular complexity index is 553. The van der Waals surface area contributed by atoms with Gasteiger partial charge < -0.3 is 20.1 Å². The summed E-state index contributed by atoms with van der Waals surface area (Å²) in [5, 5.41) is 10.9. The van der Waals surface area contributed by atoms with Crippen LogP contribution in [0.25, 0.3) is 0 Å². The molecule has 0 spiro atoms. The van der Waals surface area contributed by atoms with Crippen LogP contribution < -0.4 is 10.1 Å². The van der Waals surface area contributed by atoms with Gasteiger partial charge in [0.25, 0.3) is 5.91 Å². The van der Waals surface area contributed by atoms with Crippen molar-refractivity contribution in [3.8, 4) is 5.75 Å². The van der Waals surface area contributed by atoms with Crippen LogP contribution in [0.3, 0.4) is 0 Å². The number of piperidine rings is 1. The third kappa shape index (κ3) is 5.28. The minimum Gasteiger partial charge on any atom is -0.484 e. The Labute approximate surface area is 134 Å². The van der Waals surface area contributed by atoms with E-state index in [0.29, 0.717) is 31.7 Å². The molecular formula is C16H20N2O5. The number of ether oxygens (including phenoxy) is 1. The quantitative estimate of drug-likeness (QED) is 0.796. The van der Waals surface area contributed by atoms with E-state index in [9.17, 15) is 14.4 Å². The maximum absolute atomic E-state index is 12.1. The predicted octanol–water partition coefficient (Wildman–Crippen LogP) is 0.505. The lowest BCUT2D eigenvalue weighted by Crippen LogP contribution is -2.45. The number of benzene rings is 1. The van der Waals surface area contributed by atoms with Crippen molar-refractivity contribution in [1.82, 2.24) is 10.2 Å². The molecule has 2 rings (SSSR count). The molecule has 0 atom stereocenters. The number of rotatable bonds is 6. The van der Waals surface area contributed by atoms with E-state index in [1.807, 2.05) is 18.2 Å². The SMILES string of the molecule is O=C(O)CNC(=O)C1CCN(C(=O)COc2ccccc2)CC1.